The average Bonchev–Trinajstić information content (AvgIpc) is 2.90. The van der Waals surface area contributed by atoms with Gasteiger partial charge in [-0.2, -0.15) is 5.26 Å². The van der Waals surface area contributed by atoms with E-state index in [1.807, 2.05) is 91.9 Å². The largest absolute Gasteiger partial charge is 0.497 e. The summed E-state index contributed by atoms with van der Waals surface area (Å²) in [6.45, 7) is 1.81. The summed E-state index contributed by atoms with van der Waals surface area (Å²) in [5.41, 5.74) is 4.43. The van der Waals surface area contributed by atoms with Crippen molar-refractivity contribution in [2.45, 2.75) is 17.2 Å². The van der Waals surface area contributed by atoms with Gasteiger partial charge in [0.2, 0.25) is 5.91 Å². The lowest BCUT2D eigenvalue weighted by molar-refractivity contribution is -0.115. The zero-order chi connectivity index (χ0) is 24.8. The molecule has 1 amide bonds. The van der Waals surface area contributed by atoms with E-state index in [0.717, 1.165) is 32.6 Å². The van der Waals surface area contributed by atoms with Crippen LogP contribution in [-0.4, -0.2) is 23.3 Å². The first kappa shape index (κ1) is 24.5. The number of nitriles is 1. The number of nitrogens with zero attached hydrogens (tertiary/aromatic N) is 2. The van der Waals surface area contributed by atoms with Gasteiger partial charge in [-0.15, -0.1) is 0 Å². The number of hydrogen-bond donors (Lipinski definition) is 1. The predicted octanol–water partition coefficient (Wildman–Crippen LogP) is 7.18. The predicted molar refractivity (Wildman–Crippen MR) is 144 cm³/mol. The van der Waals surface area contributed by atoms with Gasteiger partial charge in [-0.05, 0) is 55.0 Å². The van der Waals surface area contributed by atoms with Gasteiger partial charge in [0.1, 0.15) is 16.8 Å². The Hall–Kier alpha value is -3.60. The second-order valence-electron chi connectivity index (χ2n) is 7.70. The molecule has 4 aromatic rings. The standard InChI is InChI=1S/C28H22BrN3O2S/c1-18(27(33)31-22-12-10-21(29)11-13-22)35-28-25(17-30)24(19-8-14-23(34-2)15-9-19)16-26(32-28)20-6-4-3-5-7-20/h3-16,18H,1-2H3,(H,31,33)/t18-/m0/s1. The number of amides is 1. The average molecular weight is 544 g/mol. The first-order chi connectivity index (χ1) is 17.0. The maximum atomic E-state index is 12.9. The number of rotatable bonds is 7. The number of nitrogens with one attached hydrogen (secondary N) is 1. The summed E-state index contributed by atoms with van der Waals surface area (Å²) in [5.74, 6) is 0.566. The molecule has 3 aromatic carbocycles. The maximum Gasteiger partial charge on any atom is 0.237 e. The van der Waals surface area contributed by atoms with Gasteiger partial charge in [-0.3, -0.25) is 4.79 Å². The molecule has 4 rings (SSSR count). The number of carbonyl (C=O) groups is 1. The molecule has 0 aliphatic heterocycles. The highest BCUT2D eigenvalue weighted by Gasteiger charge is 2.21. The molecule has 7 heteroatoms. The lowest BCUT2D eigenvalue weighted by Gasteiger charge is -2.16. The van der Waals surface area contributed by atoms with E-state index in [2.05, 4.69) is 27.3 Å². The Balaban J connectivity index is 1.72. The van der Waals surface area contributed by atoms with Crippen LogP contribution in [0.15, 0.2) is 94.4 Å². The molecule has 0 spiro atoms. The van der Waals surface area contributed by atoms with Gasteiger partial charge < -0.3 is 10.1 Å². The van der Waals surface area contributed by atoms with Gasteiger partial charge in [0, 0.05) is 21.3 Å². The van der Waals surface area contributed by atoms with Crippen molar-refractivity contribution in [2.24, 2.45) is 0 Å². The van der Waals surface area contributed by atoms with Gasteiger partial charge in [0.25, 0.3) is 0 Å². The number of methoxy groups -OCH3 is 1. The number of anilines is 1. The molecule has 0 aliphatic rings. The molecule has 1 N–H and O–H groups in total. The second kappa shape index (κ2) is 11.2. The highest BCUT2D eigenvalue weighted by molar-refractivity contribution is 9.10. The Bertz CT molecular complexity index is 1370. The van der Waals surface area contributed by atoms with Crippen molar-refractivity contribution in [1.29, 1.82) is 5.26 Å². The van der Waals surface area contributed by atoms with E-state index in [1.54, 1.807) is 7.11 Å². The molecular formula is C28H22BrN3O2S. The van der Waals surface area contributed by atoms with E-state index >= 15 is 0 Å². The third kappa shape index (κ3) is 5.91. The Labute approximate surface area is 217 Å². The molecule has 0 fully saturated rings. The van der Waals surface area contributed by atoms with Crippen LogP contribution >= 0.6 is 27.7 Å². The molecule has 0 saturated carbocycles. The van der Waals surface area contributed by atoms with Crippen molar-refractivity contribution in [1.82, 2.24) is 4.98 Å². The maximum absolute atomic E-state index is 12.9. The molecule has 5 nitrogen and oxygen atoms in total. The fourth-order valence-corrected chi connectivity index (χ4v) is 4.66. The lowest BCUT2D eigenvalue weighted by Crippen LogP contribution is -2.22. The summed E-state index contributed by atoms with van der Waals surface area (Å²) in [7, 11) is 1.62. The monoisotopic (exact) mass is 543 g/mol. The summed E-state index contributed by atoms with van der Waals surface area (Å²) < 4.78 is 6.22. The molecule has 0 bridgehead atoms. The molecule has 35 heavy (non-hydrogen) atoms. The Morgan fingerprint density at radius 3 is 2.34 bits per heavy atom. The van der Waals surface area contributed by atoms with Crippen LogP contribution in [0, 0.1) is 11.3 Å². The molecule has 1 aromatic heterocycles. The lowest BCUT2D eigenvalue weighted by atomic mass is 9.99. The number of carbonyl (C=O) groups excluding carboxylic acids is 1. The Kier molecular flexibility index (Phi) is 7.86. The quantitative estimate of drug-likeness (QED) is 0.250. The zero-order valence-corrected chi connectivity index (χ0v) is 21.6. The number of ether oxygens (including phenoxy) is 1. The van der Waals surface area contributed by atoms with Gasteiger partial charge in [-0.25, -0.2) is 4.98 Å². The van der Waals surface area contributed by atoms with E-state index < -0.39 is 5.25 Å². The van der Waals surface area contributed by atoms with Crippen molar-refractivity contribution >= 4 is 39.3 Å². The molecular weight excluding hydrogens is 522 g/mol. The third-order valence-electron chi connectivity index (χ3n) is 5.34. The number of halogens is 1. The van der Waals surface area contributed by atoms with Crippen LogP contribution in [-0.2, 0) is 4.79 Å². The summed E-state index contributed by atoms with van der Waals surface area (Å²) in [6, 6.07) is 29.0. The summed E-state index contributed by atoms with van der Waals surface area (Å²) in [4.78, 5) is 17.7. The van der Waals surface area contributed by atoms with Crippen LogP contribution in [0.25, 0.3) is 22.4 Å². The van der Waals surface area contributed by atoms with E-state index in [9.17, 15) is 10.1 Å². The number of aromatic nitrogens is 1. The fraction of sp³-hybridized carbons (Fsp3) is 0.107. The Morgan fingerprint density at radius 2 is 1.71 bits per heavy atom. The molecule has 0 unspecified atom stereocenters. The summed E-state index contributed by atoms with van der Waals surface area (Å²) in [5, 5.41) is 13.1. The molecule has 0 saturated heterocycles. The topological polar surface area (TPSA) is 75.0 Å². The minimum absolute atomic E-state index is 0.167. The highest BCUT2D eigenvalue weighted by atomic mass is 79.9. The van der Waals surface area contributed by atoms with Crippen molar-refractivity contribution in [3.63, 3.8) is 0 Å². The molecule has 1 atom stereocenters. The van der Waals surface area contributed by atoms with E-state index in [4.69, 9.17) is 9.72 Å². The number of benzene rings is 3. The fourth-order valence-electron chi connectivity index (χ4n) is 3.47. The molecule has 0 aliphatic carbocycles. The van der Waals surface area contributed by atoms with E-state index in [-0.39, 0.29) is 5.91 Å². The van der Waals surface area contributed by atoms with Crippen molar-refractivity contribution in [3.8, 4) is 34.2 Å². The summed E-state index contributed by atoms with van der Waals surface area (Å²) >= 11 is 4.67. The Morgan fingerprint density at radius 1 is 1.03 bits per heavy atom. The van der Waals surface area contributed by atoms with E-state index in [0.29, 0.717) is 16.3 Å². The summed E-state index contributed by atoms with van der Waals surface area (Å²) in [6.07, 6.45) is 0. The van der Waals surface area contributed by atoms with Gasteiger partial charge >= 0.3 is 0 Å². The zero-order valence-electron chi connectivity index (χ0n) is 19.2. The first-order valence-electron chi connectivity index (χ1n) is 10.9. The van der Waals surface area contributed by atoms with Crippen molar-refractivity contribution in [2.75, 3.05) is 12.4 Å². The molecule has 1 heterocycles. The highest BCUT2D eigenvalue weighted by Crippen LogP contribution is 2.36. The van der Waals surface area contributed by atoms with Gasteiger partial charge in [0.05, 0.1) is 23.6 Å². The minimum Gasteiger partial charge on any atom is -0.497 e. The van der Waals surface area contributed by atoms with Crippen LogP contribution in [0.4, 0.5) is 5.69 Å². The van der Waals surface area contributed by atoms with Gasteiger partial charge in [0.15, 0.2) is 0 Å². The third-order valence-corrected chi connectivity index (χ3v) is 6.95. The van der Waals surface area contributed by atoms with Crippen LogP contribution in [0.3, 0.4) is 0 Å². The van der Waals surface area contributed by atoms with Crippen molar-refractivity contribution in [3.05, 3.63) is 95.0 Å². The second-order valence-corrected chi connectivity index (χ2v) is 9.94. The van der Waals surface area contributed by atoms with Crippen molar-refractivity contribution < 1.29 is 9.53 Å². The molecule has 0 radical (unpaired) electrons. The van der Waals surface area contributed by atoms with E-state index in [1.165, 1.54) is 11.8 Å². The van der Waals surface area contributed by atoms with Gasteiger partial charge in [-0.1, -0.05) is 70.2 Å². The van der Waals surface area contributed by atoms with Crippen LogP contribution < -0.4 is 10.1 Å². The minimum atomic E-state index is -0.479. The molecule has 174 valence electrons. The first-order valence-corrected chi connectivity index (χ1v) is 12.5. The van der Waals surface area contributed by atoms with Crippen LogP contribution in [0.1, 0.15) is 12.5 Å². The number of hydrogen-bond acceptors (Lipinski definition) is 5. The van der Waals surface area contributed by atoms with Crippen LogP contribution in [0.2, 0.25) is 0 Å². The number of thioether (sulfide) groups is 1. The SMILES string of the molecule is COc1ccc(-c2cc(-c3ccccc3)nc(S[C@@H](C)C(=O)Nc3ccc(Br)cc3)c2C#N)cc1. The van der Waals surface area contributed by atoms with Crippen LogP contribution in [0.5, 0.6) is 5.75 Å². The smallest absolute Gasteiger partial charge is 0.237 e. The normalized spacial score (nSPS) is 11.4. The number of pyridine rings is 1.